The van der Waals surface area contributed by atoms with Gasteiger partial charge in [0.05, 0.1) is 19.3 Å². The van der Waals surface area contributed by atoms with Gasteiger partial charge in [0.2, 0.25) is 5.91 Å². The number of nitrogens with zero attached hydrogens (tertiary/aromatic N) is 3. The van der Waals surface area contributed by atoms with Gasteiger partial charge in [-0.2, -0.15) is 0 Å². The molecule has 1 aliphatic rings. The monoisotopic (exact) mass is 527 g/mol. The zero-order valence-electron chi connectivity index (χ0n) is 17.1. The maximum Gasteiger partial charge on any atom is 0.243 e. The SMILES string of the molecule is CN=C(NCC(=O)Nc1cccc(F)c1)N1CCN(c2ccccc2OC)CC1.I. The molecule has 1 fully saturated rings. The molecule has 1 aliphatic heterocycles. The molecule has 0 unspecified atom stereocenters. The van der Waals surface area contributed by atoms with Crippen LogP contribution in [0.3, 0.4) is 0 Å². The molecule has 162 valence electrons. The van der Waals surface area contributed by atoms with Gasteiger partial charge in [-0.25, -0.2) is 4.39 Å². The first-order chi connectivity index (χ1) is 14.1. The number of hydrogen-bond acceptors (Lipinski definition) is 4. The first kappa shape index (κ1) is 23.7. The van der Waals surface area contributed by atoms with Crippen molar-refractivity contribution in [3.8, 4) is 5.75 Å². The van der Waals surface area contributed by atoms with Gasteiger partial charge in [0.25, 0.3) is 0 Å². The van der Waals surface area contributed by atoms with E-state index in [1.807, 2.05) is 18.2 Å². The number of carbonyl (C=O) groups excluding carboxylic acids is 1. The molecule has 0 spiro atoms. The first-order valence-electron chi connectivity index (χ1n) is 9.49. The number of hydrogen-bond donors (Lipinski definition) is 2. The molecule has 0 aromatic heterocycles. The highest BCUT2D eigenvalue weighted by Gasteiger charge is 2.21. The Bertz CT molecular complexity index is 872. The number of methoxy groups -OCH3 is 1. The van der Waals surface area contributed by atoms with Crippen LogP contribution in [0.5, 0.6) is 5.75 Å². The van der Waals surface area contributed by atoms with E-state index in [0.29, 0.717) is 11.6 Å². The van der Waals surface area contributed by atoms with E-state index < -0.39 is 0 Å². The second-order valence-corrected chi connectivity index (χ2v) is 6.61. The Morgan fingerprint density at radius 3 is 2.53 bits per heavy atom. The highest BCUT2D eigenvalue weighted by atomic mass is 127. The minimum Gasteiger partial charge on any atom is -0.495 e. The summed E-state index contributed by atoms with van der Waals surface area (Å²) in [4.78, 5) is 20.8. The fourth-order valence-corrected chi connectivity index (χ4v) is 3.31. The third kappa shape index (κ3) is 6.22. The average Bonchev–Trinajstić information content (AvgIpc) is 2.74. The van der Waals surface area contributed by atoms with Crippen LogP contribution in [0.15, 0.2) is 53.5 Å². The van der Waals surface area contributed by atoms with Crippen LogP contribution < -0.4 is 20.3 Å². The zero-order chi connectivity index (χ0) is 20.6. The Morgan fingerprint density at radius 2 is 1.87 bits per heavy atom. The summed E-state index contributed by atoms with van der Waals surface area (Å²) in [6, 6.07) is 13.8. The van der Waals surface area contributed by atoms with Crippen LogP contribution >= 0.6 is 24.0 Å². The number of anilines is 2. The molecule has 30 heavy (non-hydrogen) atoms. The second kappa shape index (κ2) is 11.6. The molecule has 0 radical (unpaired) electrons. The highest BCUT2D eigenvalue weighted by molar-refractivity contribution is 14.0. The Kier molecular flexibility index (Phi) is 9.15. The molecular formula is C21H27FIN5O2. The topological polar surface area (TPSA) is 69.2 Å². The lowest BCUT2D eigenvalue weighted by atomic mass is 10.2. The summed E-state index contributed by atoms with van der Waals surface area (Å²) < 4.78 is 18.7. The summed E-state index contributed by atoms with van der Waals surface area (Å²) in [5.41, 5.74) is 1.50. The van der Waals surface area contributed by atoms with Crippen molar-refractivity contribution in [3.05, 3.63) is 54.3 Å². The number of benzene rings is 2. The molecule has 0 atom stereocenters. The van der Waals surface area contributed by atoms with Crippen molar-refractivity contribution < 1.29 is 13.9 Å². The van der Waals surface area contributed by atoms with Crippen molar-refractivity contribution in [1.29, 1.82) is 0 Å². The average molecular weight is 527 g/mol. The van der Waals surface area contributed by atoms with Crippen molar-refractivity contribution >= 4 is 47.2 Å². The number of nitrogens with one attached hydrogen (secondary N) is 2. The quantitative estimate of drug-likeness (QED) is 0.356. The number of amides is 1. The van der Waals surface area contributed by atoms with Crippen molar-refractivity contribution in [3.63, 3.8) is 0 Å². The molecule has 7 nitrogen and oxygen atoms in total. The van der Waals surface area contributed by atoms with Crippen LogP contribution in [0.2, 0.25) is 0 Å². The van der Waals surface area contributed by atoms with Crippen LogP contribution in [-0.4, -0.2) is 63.6 Å². The van der Waals surface area contributed by atoms with E-state index in [2.05, 4.69) is 31.5 Å². The number of para-hydroxylation sites is 2. The van der Waals surface area contributed by atoms with Gasteiger partial charge in [-0.1, -0.05) is 18.2 Å². The minimum atomic E-state index is -0.389. The molecule has 0 aliphatic carbocycles. The van der Waals surface area contributed by atoms with Gasteiger partial charge in [-0.15, -0.1) is 24.0 Å². The number of carbonyl (C=O) groups is 1. The lowest BCUT2D eigenvalue weighted by Gasteiger charge is -2.38. The predicted octanol–water partition coefficient (Wildman–Crippen LogP) is 2.79. The third-order valence-corrected chi connectivity index (χ3v) is 4.73. The summed E-state index contributed by atoms with van der Waals surface area (Å²) >= 11 is 0. The van der Waals surface area contributed by atoms with Gasteiger partial charge in [-0.3, -0.25) is 9.79 Å². The van der Waals surface area contributed by atoms with Crippen molar-refractivity contribution in [1.82, 2.24) is 10.2 Å². The molecule has 2 aromatic carbocycles. The molecule has 2 N–H and O–H groups in total. The molecule has 9 heteroatoms. The number of halogens is 2. The lowest BCUT2D eigenvalue weighted by Crippen LogP contribution is -2.53. The Hall–Kier alpha value is -2.56. The van der Waals surface area contributed by atoms with Gasteiger partial charge >= 0.3 is 0 Å². The standard InChI is InChI=1S/C21H26FN5O2.HI/c1-23-21(24-15-20(28)25-17-7-5-6-16(22)14-17)27-12-10-26(11-13-27)18-8-3-4-9-19(18)29-2;/h3-9,14H,10-13,15H2,1-2H3,(H,23,24)(H,25,28);1H. The maximum atomic E-state index is 13.2. The van der Waals surface area contributed by atoms with Crippen molar-refractivity contribution in [2.45, 2.75) is 0 Å². The molecule has 0 bridgehead atoms. The zero-order valence-corrected chi connectivity index (χ0v) is 19.4. The molecule has 2 aromatic rings. The van der Waals surface area contributed by atoms with Gasteiger partial charge in [0, 0.05) is 38.9 Å². The maximum absolute atomic E-state index is 13.2. The summed E-state index contributed by atoms with van der Waals surface area (Å²) in [5, 5.41) is 5.75. The van der Waals surface area contributed by atoms with Crippen LogP contribution in [0.1, 0.15) is 0 Å². The molecular weight excluding hydrogens is 500 g/mol. The van der Waals surface area contributed by atoms with E-state index in [9.17, 15) is 9.18 Å². The van der Waals surface area contributed by atoms with Crippen molar-refractivity contribution in [2.24, 2.45) is 4.99 Å². The summed E-state index contributed by atoms with van der Waals surface area (Å²) in [7, 11) is 3.37. The molecule has 3 rings (SSSR count). The van der Waals surface area contributed by atoms with Gasteiger partial charge in [0.15, 0.2) is 5.96 Å². The summed E-state index contributed by atoms with van der Waals surface area (Å²) in [5.74, 6) is 0.875. The molecule has 1 heterocycles. The lowest BCUT2D eigenvalue weighted by molar-refractivity contribution is -0.115. The van der Waals surface area contributed by atoms with E-state index in [1.165, 1.54) is 12.1 Å². The number of guanidine groups is 1. The summed E-state index contributed by atoms with van der Waals surface area (Å²) in [6.07, 6.45) is 0. The highest BCUT2D eigenvalue weighted by Crippen LogP contribution is 2.28. The smallest absolute Gasteiger partial charge is 0.243 e. The van der Waals surface area contributed by atoms with E-state index in [1.54, 1.807) is 26.3 Å². The Morgan fingerprint density at radius 1 is 1.13 bits per heavy atom. The number of piperazine rings is 1. The van der Waals surface area contributed by atoms with E-state index in [-0.39, 0.29) is 42.2 Å². The normalized spacial score (nSPS) is 14.0. The van der Waals surface area contributed by atoms with Crippen LogP contribution in [0, 0.1) is 5.82 Å². The van der Waals surface area contributed by atoms with Crippen LogP contribution in [0.4, 0.5) is 15.8 Å². The van der Waals surface area contributed by atoms with E-state index in [0.717, 1.165) is 37.6 Å². The molecule has 1 amide bonds. The van der Waals surface area contributed by atoms with Crippen LogP contribution in [0.25, 0.3) is 0 Å². The fraction of sp³-hybridized carbons (Fsp3) is 0.333. The van der Waals surface area contributed by atoms with E-state index >= 15 is 0 Å². The predicted molar refractivity (Wildman–Crippen MR) is 129 cm³/mol. The van der Waals surface area contributed by atoms with E-state index in [4.69, 9.17) is 4.74 Å². The number of ether oxygens (including phenoxy) is 1. The first-order valence-corrected chi connectivity index (χ1v) is 9.49. The number of rotatable bonds is 5. The van der Waals surface area contributed by atoms with Gasteiger partial charge in [0.1, 0.15) is 11.6 Å². The van der Waals surface area contributed by atoms with Gasteiger partial charge in [-0.05, 0) is 30.3 Å². The minimum absolute atomic E-state index is 0. The molecule has 1 saturated heterocycles. The Balaban J connectivity index is 0.00000320. The van der Waals surface area contributed by atoms with Crippen molar-refractivity contribution in [2.75, 3.05) is 57.1 Å². The second-order valence-electron chi connectivity index (χ2n) is 6.61. The number of aliphatic imine (C=N–C) groups is 1. The van der Waals surface area contributed by atoms with Gasteiger partial charge < -0.3 is 25.2 Å². The molecule has 0 saturated carbocycles. The fourth-order valence-electron chi connectivity index (χ4n) is 3.31. The Labute approximate surface area is 193 Å². The largest absolute Gasteiger partial charge is 0.495 e. The van der Waals surface area contributed by atoms with Crippen LogP contribution in [-0.2, 0) is 4.79 Å². The third-order valence-electron chi connectivity index (χ3n) is 4.73. The summed E-state index contributed by atoms with van der Waals surface area (Å²) in [6.45, 7) is 3.22.